The second-order valence-electron chi connectivity index (χ2n) is 13.0. The Morgan fingerprint density at radius 2 is 1.26 bits per heavy atom. The van der Waals surface area contributed by atoms with Gasteiger partial charge in [0.1, 0.15) is 18.0 Å². The molecule has 7 heteroatoms. The van der Waals surface area contributed by atoms with Crippen LogP contribution in [-0.2, 0) is 35.5 Å². The molecule has 0 aliphatic rings. The summed E-state index contributed by atoms with van der Waals surface area (Å²) < 4.78 is 36.7. The van der Waals surface area contributed by atoms with Crippen LogP contribution in [0.3, 0.4) is 0 Å². The SMILES string of the molecule is CCCCCCCCC=CCCCCCCCC(=O)OCC(C)(C)S(=O)(=O)CC(CC(=O)OCc1ccccc1)c1ccccc1. The molecule has 0 aliphatic carbocycles. The standard InChI is InChI=1S/C39H58O6S/c1-4-5-6-7-8-9-10-11-12-13-14-15-16-17-24-29-37(40)45-33-39(2,3)46(42,43)32-36(35-27-22-19-23-28-35)30-38(41)44-31-34-25-20-18-21-26-34/h11-12,18-23,25-28,36H,4-10,13-17,24,29-33H2,1-3H3. The molecule has 0 saturated carbocycles. The van der Waals surface area contributed by atoms with Gasteiger partial charge in [-0.3, -0.25) is 9.59 Å². The lowest BCUT2D eigenvalue weighted by atomic mass is 9.98. The van der Waals surface area contributed by atoms with Gasteiger partial charge < -0.3 is 9.47 Å². The first-order valence-corrected chi connectivity index (χ1v) is 19.1. The first kappa shape index (κ1) is 39.2. The van der Waals surface area contributed by atoms with Gasteiger partial charge in [-0.05, 0) is 57.1 Å². The summed E-state index contributed by atoms with van der Waals surface area (Å²) in [6.07, 6.45) is 20.2. The number of allylic oxidation sites excluding steroid dienone is 2. The molecule has 0 heterocycles. The van der Waals surface area contributed by atoms with Crippen LogP contribution in [0.15, 0.2) is 72.8 Å². The maximum atomic E-state index is 13.6. The lowest BCUT2D eigenvalue weighted by Gasteiger charge is -2.27. The highest BCUT2D eigenvalue weighted by Gasteiger charge is 2.38. The molecule has 0 amide bonds. The van der Waals surface area contributed by atoms with Gasteiger partial charge in [-0.2, -0.15) is 0 Å². The summed E-state index contributed by atoms with van der Waals surface area (Å²) >= 11 is 0. The number of sulfone groups is 1. The Labute approximate surface area is 279 Å². The Bertz CT molecular complexity index is 1240. The lowest BCUT2D eigenvalue weighted by Crippen LogP contribution is -2.41. The van der Waals surface area contributed by atoms with Crippen LogP contribution in [0, 0.1) is 0 Å². The van der Waals surface area contributed by atoms with Gasteiger partial charge in [0.05, 0.1) is 12.2 Å². The van der Waals surface area contributed by atoms with E-state index in [1.165, 1.54) is 44.9 Å². The van der Waals surface area contributed by atoms with Crippen LogP contribution in [0.4, 0.5) is 0 Å². The second kappa shape index (κ2) is 22.6. The van der Waals surface area contributed by atoms with E-state index in [-0.39, 0.29) is 37.8 Å². The van der Waals surface area contributed by atoms with Gasteiger partial charge in [-0.1, -0.05) is 131 Å². The first-order valence-electron chi connectivity index (χ1n) is 17.4. The zero-order chi connectivity index (χ0) is 33.5. The summed E-state index contributed by atoms with van der Waals surface area (Å²) in [5.74, 6) is -1.67. The minimum atomic E-state index is -3.76. The molecule has 6 nitrogen and oxygen atoms in total. The summed E-state index contributed by atoms with van der Waals surface area (Å²) in [5.41, 5.74) is 1.61. The highest BCUT2D eigenvalue weighted by molar-refractivity contribution is 7.92. The summed E-state index contributed by atoms with van der Waals surface area (Å²) in [5, 5.41) is 0. The third-order valence-electron chi connectivity index (χ3n) is 8.41. The van der Waals surface area contributed by atoms with Crippen LogP contribution in [0.5, 0.6) is 0 Å². The molecule has 0 aromatic heterocycles. The van der Waals surface area contributed by atoms with Crippen LogP contribution in [0.2, 0.25) is 0 Å². The molecule has 0 N–H and O–H groups in total. The number of unbranched alkanes of at least 4 members (excludes halogenated alkanes) is 11. The van der Waals surface area contributed by atoms with Crippen molar-refractivity contribution in [2.24, 2.45) is 0 Å². The summed E-state index contributed by atoms with van der Waals surface area (Å²) in [6.45, 7) is 5.31. The van der Waals surface area contributed by atoms with E-state index in [9.17, 15) is 18.0 Å². The minimum absolute atomic E-state index is 0.0680. The van der Waals surface area contributed by atoms with Gasteiger partial charge >= 0.3 is 11.9 Å². The quantitative estimate of drug-likeness (QED) is 0.0602. The Kier molecular flexibility index (Phi) is 19.3. The van der Waals surface area contributed by atoms with Crippen LogP contribution in [0.1, 0.15) is 134 Å². The molecule has 1 unspecified atom stereocenters. The zero-order valence-electron chi connectivity index (χ0n) is 28.6. The second-order valence-corrected chi connectivity index (χ2v) is 15.7. The van der Waals surface area contributed by atoms with Gasteiger partial charge in [0.25, 0.3) is 0 Å². The maximum Gasteiger partial charge on any atom is 0.306 e. The number of benzene rings is 2. The molecule has 0 bridgehead atoms. The average molecular weight is 655 g/mol. The zero-order valence-corrected chi connectivity index (χ0v) is 29.4. The number of carbonyl (C=O) groups excluding carboxylic acids is 2. The van der Waals surface area contributed by atoms with E-state index in [1.54, 1.807) is 13.8 Å². The van der Waals surface area contributed by atoms with Gasteiger partial charge in [-0.25, -0.2) is 8.42 Å². The normalized spacial score (nSPS) is 12.7. The van der Waals surface area contributed by atoms with Crippen molar-refractivity contribution in [1.29, 1.82) is 0 Å². The summed E-state index contributed by atoms with van der Waals surface area (Å²) in [6, 6.07) is 18.5. The molecule has 2 aromatic rings. The van der Waals surface area contributed by atoms with Crippen molar-refractivity contribution in [1.82, 2.24) is 0 Å². The van der Waals surface area contributed by atoms with Crippen molar-refractivity contribution in [3.05, 3.63) is 83.9 Å². The molecular weight excluding hydrogens is 596 g/mol. The predicted molar refractivity (Wildman–Crippen MR) is 188 cm³/mol. The van der Waals surface area contributed by atoms with E-state index in [0.717, 1.165) is 49.7 Å². The maximum absolute atomic E-state index is 13.6. The summed E-state index contributed by atoms with van der Waals surface area (Å²) in [7, 11) is -3.76. The summed E-state index contributed by atoms with van der Waals surface area (Å²) in [4.78, 5) is 25.2. The molecule has 0 radical (unpaired) electrons. The van der Waals surface area contributed by atoms with Crippen molar-refractivity contribution in [2.45, 2.75) is 134 Å². The molecule has 0 saturated heterocycles. The van der Waals surface area contributed by atoms with Gasteiger partial charge in [-0.15, -0.1) is 0 Å². The van der Waals surface area contributed by atoms with Crippen LogP contribution < -0.4 is 0 Å². The number of esters is 2. The smallest absolute Gasteiger partial charge is 0.306 e. The average Bonchev–Trinajstić information content (AvgIpc) is 3.05. The van der Waals surface area contributed by atoms with Crippen molar-refractivity contribution in [2.75, 3.05) is 12.4 Å². The van der Waals surface area contributed by atoms with E-state index in [2.05, 4.69) is 19.1 Å². The van der Waals surface area contributed by atoms with Crippen molar-refractivity contribution >= 4 is 21.8 Å². The fourth-order valence-corrected chi connectivity index (χ4v) is 6.77. The van der Waals surface area contributed by atoms with Gasteiger partial charge in [0.15, 0.2) is 9.84 Å². The van der Waals surface area contributed by atoms with E-state index >= 15 is 0 Å². The minimum Gasteiger partial charge on any atom is -0.464 e. The predicted octanol–water partition coefficient (Wildman–Crippen LogP) is 9.68. The van der Waals surface area contributed by atoms with E-state index in [4.69, 9.17) is 9.47 Å². The van der Waals surface area contributed by atoms with Crippen molar-refractivity contribution < 1.29 is 27.5 Å². The topological polar surface area (TPSA) is 86.7 Å². The highest BCUT2D eigenvalue weighted by atomic mass is 32.2. The monoisotopic (exact) mass is 654 g/mol. The highest BCUT2D eigenvalue weighted by Crippen LogP contribution is 2.28. The third kappa shape index (κ3) is 16.6. The van der Waals surface area contributed by atoms with Crippen molar-refractivity contribution in [3.63, 3.8) is 0 Å². The van der Waals surface area contributed by atoms with Crippen molar-refractivity contribution in [3.8, 4) is 0 Å². The fourth-order valence-electron chi connectivity index (χ4n) is 5.24. The van der Waals surface area contributed by atoms with Crippen LogP contribution in [-0.4, -0.2) is 37.5 Å². The molecule has 2 rings (SSSR count). The number of rotatable bonds is 25. The first-order chi connectivity index (χ1) is 22.1. The Morgan fingerprint density at radius 3 is 1.87 bits per heavy atom. The Hall–Kier alpha value is -2.93. The fraction of sp³-hybridized carbons (Fsp3) is 0.590. The number of ether oxygens (including phenoxy) is 2. The van der Waals surface area contributed by atoms with E-state index < -0.39 is 26.5 Å². The molecule has 0 fully saturated rings. The molecule has 0 spiro atoms. The van der Waals surface area contributed by atoms with E-state index in [1.807, 2.05) is 60.7 Å². The Morgan fingerprint density at radius 1 is 0.717 bits per heavy atom. The number of hydrogen-bond acceptors (Lipinski definition) is 6. The van der Waals surface area contributed by atoms with Crippen LogP contribution >= 0.6 is 0 Å². The van der Waals surface area contributed by atoms with Gasteiger partial charge in [0, 0.05) is 12.3 Å². The molecule has 256 valence electrons. The number of carbonyl (C=O) groups is 2. The number of hydrogen-bond donors (Lipinski definition) is 0. The van der Waals surface area contributed by atoms with Crippen LogP contribution in [0.25, 0.3) is 0 Å². The van der Waals surface area contributed by atoms with E-state index in [0.29, 0.717) is 0 Å². The van der Waals surface area contributed by atoms with Gasteiger partial charge in [0.2, 0.25) is 0 Å². The lowest BCUT2D eigenvalue weighted by molar-refractivity contribution is -0.145. The Balaban J connectivity index is 1.70. The largest absolute Gasteiger partial charge is 0.464 e. The molecule has 2 aromatic carbocycles. The molecule has 46 heavy (non-hydrogen) atoms. The third-order valence-corrected chi connectivity index (χ3v) is 11.1. The molecule has 1 atom stereocenters. The molecule has 0 aliphatic heterocycles. The molecular formula is C39H58O6S.